The highest BCUT2D eigenvalue weighted by Gasteiger charge is 2.22. The molecule has 0 amide bonds. The van der Waals surface area contributed by atoms with Gasteiger partial charge in [0.25, 0.3) is 0 Å². The van der Waals surface area contributed by atoms with Gasteiger partial charge in [0.05, 0.1) is 37.1 Å². The zero-order valence-corrected chi connectivity index (χ0v) is 14.5. The number of ether oxygens (including phenoxy) is 1. The van der Waals surface area contributed by atoms with Crippen molar-refractivity contribution in [2.24, 2.45) is 0 Å². The molecule has 0 aromatic carbocycles. The number of furan rings is 1. The molecule has 0 aliphatic rings. The maximum atomic E-state index is 12.2. The number of rotatable bonds is 9. The average Bonchev–Trinajstić information content (AvgIpc) is 3.15. The Morgan fingerprint density at radius 1 is 1.39 bits per heavy atom. The quantitative estimate of drug-likeness (QED) is 0.689. The minimum Gasteiger partial charge on any atom is -0.468 e. The molecule has 0 saturated heterocycles. The van der Waals surface area contributed by atoms with Gasteiger partial charge in [0.1, 0.15) is 5.76 Å². The van der Waals surface area contributed by atoms with Crippen LogP contribution in [0, 0.1) is 0 Å². The summed E-state index contributed by atoms with van der Waals surface area (Å²) in [6.07, 6.45) is 3.26. The summed E-state index contributed by atoms with van der Waals surface area (Å²) in [6.45, 7) is 3.70. The predicted molar refractivity (Wildman–Crippen MR) is 85.7 cm³/mol. The second-order valence-corrected chi connectivity index (χ2v) is 7.50. The van der Waals surface area contributed by atoms with E-state index >= 15 is 0 Å². The Morgan fingerprint density at radius 3 is 2.78 bits per heavy atom. The Bertz CT molecular complexity index is 707. The standard InChI is InChI=1S/C15H23N3O4S/c1-4-23(19,20)15-16-10-13(18(15)7-9-21-3)11-17(2)12-14-6-5-8-22-14/h5-6,8,10H,4,7,9,11-12H2,1-3H3. The number of hydrogen-bond donors (Lipinski definition) is 0. The van der Waals surface area contributed by atoms with E-state index < -0.39 is 9.84 Å². The molecular formula is C15H23N3O4S. The fraction of sp³-hybridized carbons (Fsp3) is 0.533. The van der Waals surface area contributed by atoms with Gasteiger partial charge < -0.3 is 13.7 Å². The Kier molecular flexibility index (Phi) is 5.97. The summed E-state index contributed by atoms with van der Waals surface area (Å²) >= 11 is 0. The number of nitrogens with zero attached hydrogens (tertiary/aromatic N) is 3. The van der Waals surface area contributed by atoms with Gasteiger partial charge in [-0.3, -0.25) is 4.90 Å². The van der Waals surface area contributed by atoms with Crippen molar-refractivity contribution in [3.05, 3.63) is 36.0 Å². The fourth-order valence-corrected chi connectivity index (χ4v) is 3.33. The highest BCUT2D eigenvalue weighted by Crippen LogP contribution is 2.16. The Hall–Kier alpha value is -1.64. The lowest BCUT2D eigenvalue weighted by molar-refractivity contribution is 0.181. The molecule has 128 valence electrons. The van der Waals surface area contributed by atoms with E-state index in [4.69, 9.17) is 9.15 Å². The summed E-state index contributed by atoms with van der Waals surface area (Å²) in [5, 5.41) is 0.110. The molecule has 0 spiro atoms. The lowest BCUT2D eigenvalue weighted by Gasteiger charge is -2.17. The highest BCUT2D eigenvalue weighted by molar-refractivity contribution is 7.91. The van der Waals surface area contributed by atoms with Crippen LogP contribution in [0.5, 0.6) is 0 Å². The molecule has 2 heterocycles. The van der Waals surface area contributed by atoms with Gasteiger partial charge in [0.2, 0.25) is 15.0 Å². The molecule has 0 saturated carbocycles. The molecule has 0 unspecified atom stereocenters. The van der Waals surface area contributed by atoms with Crippen LogP contribution in [-0.2, 0) is 34.2 Å². The minimum absolute atomic E-state index is 0.0265. The van der Waals surface area contributed by atoms with Crippen molar-refractivity contribution in [3.63, 3.8) is 0 Å². The van der Waals surface area contributed by atoms with Crippen molar-refractivity contribution in [2.75, 3.05) is 26.5 Å². The number of aromatic nitrogens is 2. The van der Waals surface area contributed by atoms with E-state index in [0.717, 1.165) is 11.5 Å². The number of methoxy groups -OCH3 is 1. The van der Waals surface area contributed by atoms with E-state index in [0.29, 0.717) is 26.2 Å². The third kappa shape index (κ3) is 4.43. The topological polar surface area (TPSA) is 77.6 Å². The molecular weight excluding hydrogens is 318 g/mol. The smallest absolute Gasteiger partial charge is 0.227 e. The summed E-state index contributed by atoms with van der Waals surface area (Å²) in [6, 6.07) is 3.75. The number of imidazole rings is 1. The molecule has 2 aromatic rings. The van der Waals surface area contributed by atoms with Crippen molar-refractivity contribution >= 4 is 9.84 Å². The molecule has 2 aromatic heterocycles. The van der Waals surface area contributed by atoms with Gasteiger partial charge in [-0.2, -0.15) is 0 Å². The summed E-state index contributed by atoms with van der Waals surface area (Å²) < 4.78 is 36.5. The van der Waals surface area contributed by atoms with Crippen molar-refractivity contribution in [3.8, 4) is 0 Å². The molecule has 0 radical (unpaired) electrons. The van der Waals surface area contributed by atoms with Crippen molar-refractivity contribution in [1.82, 2.24) is 14.5 Å². The summed E-state index contributed by atoms with van der Waals surface area (Å²) in [4.78, 5) is 6.17. The Morgan fingerprint density at radius 2 is 2.17 bits per heavy atom. The van der Waals surface area contributed by atoms with Crippen LogP contribution in [0.3, 0.4) is 0 Å². The minimum atomic E-state index is -3.36. The third-order valence-corrected chi connectivity index (χ3v) is 5.16. The third-order valence-electron chi connectivity index (χ3n) is 3.52. The molecule has 0 fully saturated rings. The van der Waals surface area contributed by atoms with Gasteiger partial charge in [-0.15, -0.1) is 0 Å². The first-order chi connectivity index (χ1) is 11.0. The van der Waals surface area contributed by atoms with Crippen LogP contribution in [0.2, 0.25) is 0 Å². The monoisotopic (exact) mass is 341 g/mol. The molecule has 0 aliphatic heterocycles. The largest absolute Gasteiger partial charge is 0.468 e. The van der Waals surface area contributed by atoms with E-state index in [-0.39, 0.29) is 10.9 Å². The van der Waals surface area contributed by atoms with E-state index in [1.807, 2.05) is 24.1 Å². The van der Waals surface area contributed by atoms with Crippen LogP contribution in [0.25, 0.3) is 0 Å². The molecule has 23 heavy (non-hydrogen) atoms. The zero-order chi connectivity index (χ0) is 16.9. The van der Waals surface area contributed by atoms with Gasteiger partial charge in [0, 0.05) is 20.2 Å². The van der Waals surface area contributed by atoms with E-state index in [1.54, 1.807) is 31.1 Å². The maximum absolute atomic E-state index is 12.2. The fourth-order valence-electron chi connectivity index (χ4n) is 2.32. The van der Waals surface area contributed by atoms with Crippen LogP contribution in [0.4, 0.5) is 0 Å². The van der Waals surface area contributed by atoms with Crippen LogP contribution in [0.15, 0.2) is 34.2 Å². The summed E-state index contributed by atoms with van der Waals surface area (Å²) in [5.41, 5.74) is 0.836. The van der Waals surface area contributed by atoms with E-state index in [2.05, 4.69) is 4.98 Å². The first-order valence-corrected chi connectivity index (χ1v) is 9.10. The molecule has 0 atom stereocenters. The van der Waals surface area contributed by atoms with Crippen molar-refractivity contribution in [2.45, 2.75) is 31.7 Å². The SMILES string of the molecule is CCS(=O)(=O)c1ncc(CN(C)Cc2ccco2)n1CCOC. The van der Waals surface area contributed by atoms with E-state index in [9.17, 15) is 8.42 Å². The lowest BCUT2D eigenvalue weighted by Crippen LogP contribution is -2.22. The van der Waals surface area contributed by atoms with Gasteiger partial charge in [-0.25, -0.2) is 13.4 Å². The van der Waals surface area contributed by atoms with Gasteiger partial charge >= 0.3 is 0 Å². The van der Waals surface area contributed by atoms with Crippen LogP contribution in [-0.4, -0.2) is 49.4 Å². The lowest BCUT2D eigenvalue weighted by atomic mass is 10.3. The number of hydrogen-bond acceptors (Lipinski definition) is 6. The zero-order valence-electron chi connectivity index (χ0n) is 13.7. The molecule has 0 aliphatic carbocycles. The van der Waals surface area contributed by atoms with Gasteiger partial charge in [-0.05, 0) is 19.2 Å². The highest BCUT2D eigenvalue weighted by atomic mass is 32.2. The van der Waals surface area contributed by atoms with E-state index in [1.165, 1.54) is 0 Å². The Balaban J connectivity index is 2.20. The van der Waals surface area contributed by atoms with Crippen molar-refractivity contribution < 1.29 is 17.6 Å². The molecule has 0 bridgehead atoms. The summed E-state index contributed by atoms with van der Waals surface area (Å²) in [7, 11) is 0.175. The first-order valence-electron chi connectivity index (χ1n) is 7.45. The van der Waals surface area contributed by atoms with Crippen molar-refractivity contribution in [1.29, 1.82) is 0 Å². The van der Waals surface area contributed by atoms with Crippen LogP contribution < -0.4 is 0 Å². The normalized spacial score (nSPS) is 12.2. The van der Waals surface area contributed by atoms with Crippen LogP contribution in [0.1, 0.15) is 18.4 Å². The predicted octanol–water partition coefficient (Wildman–Crippen LogP) is 1.55. The molecule has 8 heteroatoms. The first kappa shape index (κ1) is 17.7. The maximum Gasteiger partial charge on any atom is 0.227 e. The van der Waals surface area contributed by atoms with Crippen LogP contribution >= 0.6 is 0 Å². The molecule has 7 nitrogen and oxygen atoms in total. The summed E-state index contributed by atoms with van der Waals surface area (Å²) in [5.74, 6) is 0.885. The average molecular weight is 341 g/mol. The van der Waals surface area contributed by atoms with Gasteiger partial charge in [0.15, 0.2) is 0 Å². The number of sulfone groups is 1. The molecule has 2 rings (SSSR count). The Labute approximate surface area is 136 Å². The second kappa shape index (κ2) is 7.76. The van der Waals surface area contributed by atoms with Gasteiger partial charge in [-0.1, -0.05) is 6.92 Å². The molecule has 0 N–H and O–H groups in total. The second-order valence-electron chi connectivity index (χ2n) is 5.33.